The Morgan fingerprint density at radius 2 is 2.00 bits per heavy atom. The number of hydrogen-bond acceptors (Lipinski definition) is 4. The van der Waals surface area contributed by atoms with Crippen molar-refractivity contribution in [3.8, 4) is 0 Å². The molecule has 6 nitrogen and oxygen atoms in total. The van der Waals surface area contributed by atoms with E-state index in [1.165, 1.54) is 6.92 Å². The first-order valence-corrected chi connectivity index (χ1v) is 5.33. The fourth-order valence-corrected chi connectivity index (χ4v) is 1.37. The molecule has 1 aromatic rings. The summed E-state index contributed by atoms with van der Waals surface area (Å²) in [6, 6.07) is 0. The second kappa shape index (κ2) is 5.72. The van der Waals surface area contributed by atoms with Gasteiger partial charge in [0, 0.05) is 12.0 Å². The molecule has 0 aliphatic carbocycles. The number of aliphatic carboxylic acids is 1. The lowest BCUT2D eigenvalue weighted by atomic mass is 10.1. The molecule has 9 heteroatoms. The van der Waals surface area contributed by atoms with Crippen LogP contribution < -0.4 is 5.32 Å². The number of aromatic nitrogens is 1. The van der Waals surface area contributed by atoms with E-state index >= 15 is 0 Å². The quantitative estimate of drug-likeness (QED) is 0.861. The number of carbonyl (C=O) groups is 2. The fraction of sp³-hybridized carbons (Fsp3) is 0.500. The van der Waals surface area contributed by atoms with Crippen molar-refractivity contribution in [2.24, 2.45) is 0 Å². The predicted molar refractivity (Wildman–Crippen MR) is 56.4 cm³/mol. The van der Waals surface area contributed by atoms with Crippen LogP contribution in [-0.4, -0.2) is 22.1 Å². The van der Waals surface area contributed by atoms with Crippen LogP contribution in [0.2, 0.25) is 0 Å². The van der Waals surface area contributed by atoms with Crippen molar-refractivity contribution >= 4 is 17.8 Å². The normalized spacial score (nSPS) is 11.4. The van der Waals surface area contributed by atoms with Gasteiger partial charge >= 0.3 is 12.1 Å². The van der Waals surface area contributed by atoms with Crippen molar-refractivity contribution in [3.05, 3.63) is 11.3 Å². The van der Waals surface area contributed by atoms with Gasteiger partial charge in [0.15, 0.2) is 5.69 Å². The third-order valence-corrected chi connectivity index (χ3v) is 2.23. The van der Waals surface area contributed by atoms with Gasteiger partial charge in [0.1, 0.15) is 0 Å². The van der Waals surface area contributed by atoms with Crippen LogP contribution >= 0.6 is 0 Å². The highest BCUT2D eigenvalue weighted by Crippen LogP contribution is 2.34. The summed E-state index contributed by atoms with van der Waals surface area (Å²) in [5.41, 5.74) is -1.46. The molecule has 2 N–H and O–H groups in total. The molecule has 0 fully saturated rings. The lowest BCUT2D eigenvalue weighted by Crippen LogP contribution is -2.14. The molecule has 0 atom stereocenters. The topological polar surface area (TPSA) is 92.4 Å². The van der Waals surface area contributed by atoms with Gasteiger partial charge in [-0.15, -0.1) is 0 Å². The largest absolute Gasteiger partial charge is 0.481 e. The third-order valence-electron chi connectivity index (χ3n) is 2.23. The molecule has 1 aromatic heterocycles. The first kappa shape index (κ1) is 15.0. The van der Waals surface area contributed by atoms with Crippen LogP contribution in [0.25, 0.3) is 0 Å². The molecule has 19 heavy (non-hydrogen) atoms. The van der Waals surface area contributed by atoms with E-state index in [1.807, 2.05) is 0 Å². The standard InChI is InChI=1S/C10H11F3N2O4/c1-2-5-8(10(11,12)13)15-19-9(5)14-6(16)3-4-7(17)18/h2-4H2,1H3,(H,14,16)(H,17,18). The summed E-state index contributed by atoms with van der Waals surface area (Å²) in [5, 5.41) is 13.3. The highest BCUT2D eigenvalue weighted by atomic mass is 19.4. The number of anilines is 1. The Kier molecular flexibility index (Phi) is 4.52. The molecule has 0 saturated heterocycles. The summed E-state index contributed by atoms with van der Waals surface area (Å²) in [6.07, 6.45) is -5.49. The van der Waals surface area contributed by atoms with Gasteiger partial charge in [-0.2, -0.15) is 13.2 Å². The molecule has 0 unspecified atom stereocenters. The molecule has 106 valence electrons. The zero-order valence-electron chi connectivity index (χ0n) is 9.87. The van der Waals surface area contributed by atoms with Gasteiger partial charge in [-0.05, 0) is 6.42 Å². The number of nitrogens with one attached hydrogen (secondary N) is 1. The number of halogens is 3. The Morgan fingerprint density at radius 1 is 1.37 bits per heavy atom. The highest BCUT2D eigenvalue weighted by molar-refractivity contribution is 5.91. The van der Waals surface area contributed by atoms with Crippen LogP contribution in [0.4, 0.5) is 19.1 Å². The molecule has 0 aliphatic rings. The fourth-order valence-electron chi connectivity index (χ4n) is 1.37. The van der Waals surface area contributed by atoms with Crippen molar-refractivity contribution in [2.75, 3.05) is 5.32 Å². The Labute approximate surface area is 105 Å². The maximum absolute atomic E-state index is 12.5. The van der Waals surface area contributed by atoms with Gasteiger partial charge in [0.2, 0.25) is 11.8 Å². The van der Waals surface area contributed by atoms with E-state index in [0.717, 1.165) is 0 Å². The summed E-state index contributed by atoms with van der Waals surface area (Å²) in [4.78, 5) is 21.6. The average Bonchev–Trinajstić information content (AvgIpc) is 2.68. The number of nitrogens with zero attached hydrogens (tertiary/aromatic N) is 1. The molecule has 0 spiro atoms. The number of carboxylic acids is 1. The first-order valence-electron chi connectivity index (χ1n) is 5.33. The number of carboxylic acid groups (broad SMARTS) is 1. The second-order valence-corrected chi connectivity index (χ2v) is 3.63. The van der Waals surface area contributed by atoms with Gasteiger partial charge in [-0.3, -0.25) is 14.9 Å². The van der Waals surface area contributed by atoms with Crippen molar-refractivity contribution in [3.63, 3.8) is 0 Å². The van der Waals surface area contributed by atoms with Crippen LogP contribution in [0.3, 0.4) is 0 Å². The molecule has 1 amide bonds. The van der Waals surface area contributed by atoms with E-state index in [2.05, 4.69) is 15.0 Å². The van der Waals surface area contributed by atoms with E-state index in [-0.39, 0.29) is 18.4 Å². The summed E-state index contributed by atoms with van der Waals surface area (Å²) >= 11 is 0. The van der Waals surface area contributed by atoms with Crippen LogP contribution in [0.1, 0.15) is 31.0 Å². The van der Waals surface area contributed by atoms with Crippen LogP contribution in [0, 0.1) is 0 Å². The number of amides is 1. The minimum absolute atomic E-state index is 0.0348. The van der Waals surface area contributed by atoms with Gasteiger partial charge in [-0.25, -0.2) is 0 Å². The van der Waals surface area contributed by atoms with E-state index in [9.17, 15) is 22.8 Å². The van der Waals surface area contributed by atoms with Gasteiger partial charge < -0.3 is 9.63 Å². The summed E-state index contributed by atoms with van der Waals surface area (Å²) in [6.45, 7) is 1.45. The first-order chi connectivity index (χ1) is 8.75. The van der Waals surface area contributed by atoms with Crippen LogP contribution in [-0.2, 0) is 22.2 Å². The van der Waals surface area contributed by atoms with Crippen molar-refractivity contribution < 1.29 is 32.4 Å². The Morgan fingerprint density at radius 3 is 2.47 bits per heavy atom. The van der Waals surface area contributed by atoms with E-state index in [1.54, 1.807) is 0 Å². The van der Waals surface area contributed by atoms with Crippen molar-refractivity contribution in [2.45, 2.75) is 32.4 Å². The van der Waals surface area contributed by atoms with Crippen molar-refractivity contribution in [1.82, 2.24) is 5.16 Å². The Hall–Kier alpha value is -2.06. The maximum Gasteiger partial charge on any atom is 0.437 e. The third kappa shape index (κ3) is 3.97. The molecule has 0 aliphatic heterocycles. The highest BCUT2D eigenvalue weighted by Gasteiger charge is 2.39. The SMILES string of the molecule is CCc1c(C(F)(F)F)noc1NC(=O)CCC(=O)O. The summed E-state index contributed by atoms with van der Waals surface area (Å²) < 4.78 is 42.0. The predicted octanol–water partition coefficient (Wildman–Crippen LogP) is 2.06. The molecule has 0 bridgehead atoms. The lowest BCUT2D eigenvalue weighted by molar-refractivity contribution is -0.143. The Balaban J connectivity index is 2.82. The zero-order chi connectivity index (χ0) is 14.6. The summed E-state index contributed by atoms with van der Waals surface area (Å²) in [7, 11) is 0. The number of carbonyl (C=O) groups excluding carboxylic acids is 1. The monoisotopic (exact) mass is 280 g/mol. The molecule has 1 rings (SSSR count). The molecular weight excluding hydrogens is 269 g/mol. The van der Waals surface area contributed by atoms with Crippen LogP contribution in [0.5, 0.6) is 0 Å². The Bertz CT molecular complexity index is 482. The second-order valence-electron chi connectivity index (χ2n) is 3.63. The van der Waals surface area contributed by atoms with E-state index < -0.39 is 36.1 Å². The van der Waals surface area contributed by atoms with Gasteiger partial charge in [0.05, 0.1) is 6.42 Å². The van der Waals surface area contributed by atoms with Gasteiger partial charge in [-0.1, -0.05) is 12.1 Å². The smallest absolute Gasteiger partial charge is 0.437 e. The number of alkyl halides is 3. The van der Waals surface area contributed by atoms with E-state index in [0.29, 0.717) is 0 Å². The zero-order valence-corrected chi connectivity index (χ0v) is 9.87. The van der Waals surface area contributed by atoms with E-state index in [4.69, 9.17) is 5.11 Å². The average molecular weight is 280 g/mol. The summed E-state index contributed by atoms with van der Waals surface area (Å²) in [5.74, 6) is -2.33. The van der Waals surface area contributed by atoms with Gasteiger partial charge in [0.25, 0.3) is 0 Å². The number of hydrogen-bond donors (Lipinski definition) is 2. The maximum atomic E-state index is 12.5. The molecule has 0 radical (unpaired) electrons. The molecule has 0 aromatic carbocycles. The van der Waals surface area contributed by atoms with Crippen molar-refractivity contribution in [1.29, 1.82) is 0 Å². The minimum Gasteiger partial charge on any atom is -0.481 e. The number of rotatable bonds is 5. The minimum atomic E-state index is -4.67. The molecule has 1 heterocycles. The lowest BCUT2D eigenvalue weighted by Gasteiger charge is -2.05. The molecule has 0 saturated carbocycles. The van der Waals surface area contributed by atoms with Crippen LogP contribution in [0.15, 0.2) is 4.52 Å². The molecular formula is C10H11F3N2O4.